The Balaban J connectivity index is 0. The fraction of sp³-hybridized carbons (Fsp3) is 1.00. The van der Waals surface area contributed by atoms with E-state index < -0.39 is 0 Å². The summed E-state index contributed by atoms with van der Waals surface area (Å²) < 4.78 is 0. The van der Waals surface area contributed by atoms with Gasteiger partial charge in [-0.25, -0.2) is 0 Å². The molecule has 0 bridgehead atoms. The summed E-state index contributed by atoms with van der Waals surface area (Å²) in [6, 6.07) is 0. The van der Waals surface area contributed by atoms with Crippen molar-refractivity contribution in [3.63, 3.8) is 0 Å². The Morgan fingerprint density at radius 2 is 1.12 bits per heavy atom. The van der Waals surface area contributed by atoms with Crippen LogP contribution >= 0.6 is 0 Å². The predicted molar refractivity (Wildman–Crippen MR) is 35.6 cm³/mol. The number of hydrogen-bond donors (Lipinski definition) is 2. The van der Waals surface area contributed by atoms with E-state index in [9.17, 15) is 0 Å². The second kappa shape index (κ2) is 9.99. The molecule has 0 radical (unpaired) electrons. The van der Waals surface area contributed by atoms with E-state index in [0.717, 1.165) is 25.9 Å². The van der Waals surface area contributed by atoms with Crippen molar-refractivity contribution in [2.45, 2.75) is 19.3 Å². The zero-order valence-corrected chi connectivity index (χ0v) is 5.19. The van der Waals surface area contributed by atoms with Crippen LogP contribution in [0.3, 0.4) is 0 Å². The minimum absolute atomic E-state index is 0. The van der Waals surface area contributed by atoms with Crippen LogP contribution in [0.4, 0.5) is 0 Å². The summed E-state index contributed by atoms with van der Waals surface area (Å²) in [6.45, 7) is 1.61. The van der Waals surface area contributed by atoms with Gasteiger partial charge in [-0.15, -0.1) is 0 Å². The molecule has 3 nitrogen and oxygen atoms in total. The first-order chi connectivity index (χ1) is 3.41. The smallest absolute Gasteiger partial charge is 0.00773 e. The van der Waals surface area contributed by atoms with Crippen molar-refractivity contribution in [1.82, 2.24) is 0 Å². The van der Waals surface area contributed by atoms with E-state index in [-0.39, 0.29) is 5.48 Å². The fourth-order valence-corrected chi connectivity index (χ4v) is 0.465. The van der Waals surface area contributed by atoms with Gasteiger partial charge in [0.2, 0.25) is 0 Å². The molecule has 0 aliphatic carbocycles. The molecule has 3 heteroatoms. The largest absolute Gasteiger partial charge is 0.412 e. The lowest BCUT2D eigenvalue weighted by atomic mass is 10.2. The lowest BCUT2D eigenvalue weighted by molar-refractivity contribution is 0.695. The third-order valence-electron chi connectivity index (χ3n) is 0.908. The number of unbranched alkanes of at least 4 members (excludes halogenated alkanes) is 2. The van der Waals surface area contributed by atoms with Crippen molar-refractivity contribution < 1.29 is 5.48 Å². The second-order valence-corrected chi connectivity index (χ2v) is 1.64. The van der Waals surface area contributed by atoms with E-state index in [1.807, 2.05) is 0 Å². The first kappa shape index (κ1) is 10.8. The van der Waals surface area contributed by atoms with Crippen molar-refractivity contribution in [2.24, 2.45) is 11.5 Å². The Labute approximate surface area is 50.4 Å². The number of rotatable bonds is 4. The normalized spacial score (nSPS) is 8.25. The standard InChI is InChI=1S/C5H14N2.H2O/c6-4-2-1-3-5-7;/h1-7H2;1H2. The molecule has 0 unspecified atom stereocenters. The molecule has 0 saturated carbocycles. The molecule has 0 spiro atoms. The van der Waals surface area contributed by atoms with E-state index in [0.29, 0.717) is 0 Å². The Kier molecular flexibility index (Phi) is 13.5. The lowest BCUT2D eigenvalue weighted by Crippen LogP contribution is -2.02. The fourth-order valence-electron chi connectivity index (χ4n) is 0.465. The van der Waals surface area contributed by atoms with Crippen LogP contribution in [0.15, 0.2) is 0 Å². The predicted octanol–water partition coefficient (Wildman–Crippen LogP) is -0.751. The minimum Gasteiger partial charge on any atom is -0.412 e. The van der Waals surface area contributed by atoms with E-state index in [1.165, 1.54) is 6.42 Å². The molecule has 8 heavy (non-hydrogen) atoms. The second-order valence-electron chi connectivity index (χ2n) is 1.64. The third-order valence-corrected chi connectivity index (χ3v) is 0.908. The van der Waals surface area contributed by atoms with Gasteiger partial charge in [0.05, 0.1) is 0 Å². The van der Waals surface area contributed by atoms with Gasteiger partial charge < -0.3 is 16.9 Å². The summed E-state index contributed by atoms with van der Waals surface area (Å²) in [6.07, 6.45) is 3.43. The van der Waals surface area contributed by atoms with Gasteiger partial charge in [0.1, 0.15) is 0 Å². The summed E-state index contributed by atoms with van der Waals surface area (Å²) in [4.78, 5) is 0. The summed E-state index contributed by atoms with van der Waals surface area (Å²) >= 11 is 0. The first-order valence-corrected chi connectivity index (χ1v) is 2.82. The SMILES string of the molecule is NCCCCCN.O. The zero-order chi connectivity index (χ0) is 5.54. The van der Waals surface area contributed by atoms with Gasteiger partial charge in [0, 0.05) is 0 Å². The summed E-state index contributed by atoms with van der Waals surface area (Å²) in [5.74, 6) is 0. The molecule has 0 aromatic carbocycles. The number of hydrogen-bond acceptors (Lipinski definition) is 2. The summed E-state index contributed by atoms with van der Waals surface area (Å²) in [7, 11) is 0. The monoisotopic (exact) mass is 120 g/mol. The average Bonchev–Trinajstić information content (AvgIpc) is 1.69. The summed E-state index contributed by atoms with van der Waals surface area (Å²) in [5.41, 5.74) is 10.5. The molecular formula is C5H16N2O. The highest BCUT2D eigenvalue weighted by Gasteiger charge is 1.80. The maximum absolute atomic E-state index is 5.23. The van der Waals surface area contributed by atoms with Crippen LogP contribution in [0.25, 0.3) is 0 Å². The van der Waals surface area contributed by atoms with Crippen molar-refractivity contribution in [2.75, 3.05) is 13.1 Å². The molecule has 0 atom stereocenters. The lowest BCUT2D eigenvalue weighted by Gasteiger charge is -1.91. The van der Waals surface area contributed by atoms with Crippen LogP contribution < -0.4 is 11.5 Å². The van der Waals surface area contributed by atoms with E-state index in [1.54, 1.807) is 0 Å². The maximum atomic E-state index is 5.23. The quantitative estimate of drug-likeness (QED) is 0.478. The highest BCUT2D eigenvalue weighted by atomic mass is 16.0. The highest BCUT2D eigenvalue weighted by Crippen LogP contribution is 1.88. The molecule has 0 amide bonds. The zero-order valence-electron chi connectivity index (χ0n) is 5.19. The van der Waals surface area contributed by atoms with Crippen molar-refractivity contribution in [3.05, 3.63) is 0 Å². The van der Waals surface area contributed by atoms with Gasteiger partial charge in [-0.2, -0.15) is 0 Å². The molecule has 0 fully saturated rings. The van der Waals surface area contributed by atoms with Crippen LogP contribution in [0.5, 0.6) is 0 Å². The summed E-state index contributed by atoms with van der Waals surface area (Å²) in [5, 5.41) is 0. The molecule has 0 heterocycles. The Morgan fingerprint density at radius 3 is 1.38 bits per heavy atom. The molecule has 0 aliphatic heterocycles. The Bertz CT molecular complexity index is 29.6. The molecule has 0 aliphatic rings. The van der Waals surface area contributed by atoms with Crippen LogP contribution in [0.2, 0.25) is 0 Å². The van der Waals surface area contributed by atoms with Gasteiger partial charge in [0.25, 0.3) is 0 Å². The van der Waals surface area contributed by atoms with Crippen molar-refractivity contribution in [3.8, 4) is 0 Å². The van der Waals surface area contributed by atoms with E-state index in [4.69, 9.17) is 11.5 Å². The molecule has 52 valence electrons. The van der Waals surface area contributed by atoms with E-state index >= 15 is 0 Å². The van der Waals surface area contributed by atoms with E-state index in [2.05, 4.69) is 0 Å². The molecule has 0 aromatic heterocycles. The highest BCUT2D eigenvalue weighted by molar-refractivity contribution is 4.41. The van der Waals surface area contributed by atoms with Crippen molar-refractivity contribution in [1.29, 1.82) is 0 Å². The molecular weight excluding hydrogens is 104 g/mol. The van der Waals surface area contributed by atoms with Gasteiger partial charge in [-0.3, -0.25) is 0 Å². The van der Waals surface area contributed by atoms with Gasteiger partial charge >= 0.3 is 0 Å². The van der Waals surface area contributed by atoms with Gasteiger partial charge in [-0.1, -0.05) is 6.42 Å². The van der Waals surface area contributed by atoms with Crippen molar-refractivity contribution >= 4 is 0 Å². The molecule has 0 rings (SSSR count). The van der Waals surface area contributed by atoms with Crippen LogP contribution in [0.1, 0.15) is 19.3 Å². The van der Waals surface area contributed by atoms with Crippen LogP contribution in [0, 0.1) is 0 Å². The molecule has 0 saturated heterocycles. The minimum atomic E-state index is 0. The topological polar surface area (TPSA) is 83.5 Å². The molecule has 0 aromatic rings. The van der Waals surface area contributed by atoms with Gasteiger partial charge in [0.15, 0.2) is 0 Å². The third kappa shape index (κ3) is 9.30. The average molecular weight is 120 g/mol. The maximum Gasteiger partial charge on any atom is -0.00773 e. The molecule has 6 N–H and O–H groups in total. The van der Waals surface area contributed by atoms with Crippen LogP contribution in [-0.4, -0.2) is 18.6 Å². The van der Waals surface area contributed by atoms with Gasteiger partial charge in [-0.05, 0) is 25.9 Å². The first-order valence-electron chi connectivity index (χ1n) is 2.82. The number of nitrogens with two attached hydrogens (primary N) is 2. The van der Waals surface area contributed by atoms with Crippen LogP contribution in [-0.2, 0) is 0 Å². The Morgan fingerprint density at radius 1 is 0.750 bits per heavy atom. The Hall–Kier alpha value is -0.120.